The van der Waals surface area contributed by atoms with Gasteiger partial charge in [0.25, 0.3) is 0 Å². The minimum absolute atomic E-state index is 0.0567. The average molecular weight is 311 g/mol. The highest BCUT2D eigenvalue weighted by Crippen LogP contribution is 2.17. The number of rotatable bonds is 5. The van der Waals surface area contributed by atoms with Crippen molar-refractivity contribution < 1.29 is 14.3 Å². The average Bonchev–Trinajstić information content (AvgIpc) is 2.47. The summed E-state index contributed by atoms with van der Waals surface area (Å²) in [5.41, 5.74) is 0. The molecular weight excluding hydrogens is 292 g/mol. The van der Waals surface area contributed by atoms with Crippen LogP contribution in [0.3, 0.4) is 0 Å². The first kappa shape index (κ1) is 15.6. The predicted molar refractivity (Wildman–Crippen MR) is 80.4 cm³/mol. The van der Waals surface area contributed by atoms with Crippen molar-refractivity contribution in [1.82, 2.24) is 10.2 Å². The molecule has 1 saturated heterocycles. The summed E-state index contributed by atoms with van der Waals surface area (Å²) in [6, 6.07) is 6.69. The number of piperazine rings is 1. The second-order valence-electron chi connectivity index (χ2n) is 4.86. The molecule has 0 saturated carbocycles. The number of carbonyl (C=O) groups is 2. The van der Waals surface area contributed by atoms with E-state index in [-0.39, 0.29) is 30.9 Å². The van der Waals surface area contributed by atoms with Crippen LogP contribution in [0.2, 0.25) is 5.02 Å². The molecule has 0 spiro atoms. The van der Waals surface area contributed by atoms with E-state index in [2.05, 4.69) is 5.32 Å². The molecular formula is C15H19ClN2O3. The Morgan fingerprint density at radius 1 is 1.52 bits per heavy atom. The van der Waals surface area contributed by atoms with Gasteiger partial charge < -0.3 is 15.0 Å². The van der Waals surface area contributed by atoms with Gasteiger partial charge in [0.05, 0.1) is 13.0 Å². The van der Waals surface area contributed by atoms with Crippen molar-refractivity contribution in [3.05, 3.63) is 29.3 Å². The van der Waals surface area contributed by atoms with Crippen LogP contribution in [0.25, 0.3) is 0 Å². The van der Waals surface area contributed by atoms with Gasteiger partial charge in [-0.25, -0.2) is 0 Å². The second-order valence-corrected chi connectivity index (χ2v) is 5.29. The van der Waals surface area contributed by atoms with E-state index in [1.54, 1.807) is 29.2 Å². The van der Waals surface area contributed by atoms with Crippen molar-refractivity contribution in [1.29, 1.82) is 0 Å². The summed E-state index contributed by atoms with van der Waals surface area (Å²) >= 11 is 5.86. The number of nitrogens with zero attached hydrogens (tertiary/aromatic N) is 1. The van der Waals surface area contributed by atoms with Gasteiger partial charge in [-0.15, -0.1) is 0 Å². The van der Waals surface area contributed by atoms with Crippen LogP contribution >= 0.6 is 11.6 Å². The lowest BCUT2D eigenvalue weighted by Gasteiger charge is -2.34. The molecule has 6 heteroatoms. The molecule has 0 radical (unpaired) electrons. The lowest BCUT2D eigenvalue weighted by molar-refractivity contribution is -0.143. The van der Waals surface area contributed by atoms with Crippen molar-refractivity contribution in [2.45, 2.75) is 25.8 Å². The molecule has 1 aromatic carbocycles. The maximum Gasteiger partial charge on any atom is 0.242 e. The lowest BCUT2D eigenvalue weighted by Crippen LogP contribution is -2.57. The van der Waals surface area contributed by atoms with E-state index in [1.807, 2.05) is 6.92 Å². The van der Waals surface area contributed by atoms with Crippen LogP contribution in [0.5, 0.6) is 5.75 Å². The molecule has 0 aliphatic carbocycles. The Morgan fingerprint density at radius 3 is 3.05 bits per heavy atom. The Balaban J connectivity index is 1.85. The smallest absolute Gasteiger partial charge is 0.242 e. The number of amides is 2. The number of ether oxygens (including phenoxy) is 1. The van der Waals surface area contributed by atoms with Crippen LogP contribution < -0.4 is 10.1 Å². The highest BCUT2D eigenvalue weighted by Gasteiger charge is 2.31. The lowest BCUT2D eigenvalue weighted by atomic mass is 10.1. The molecule has 1 unspecified atom stereocenters. The fraction of sp³-hybridized carbons (Fsp3) is 0.467. The quantitative estimate of drug-likeness (QED) is 0.903. The number of benzene rings is 1. The van der Waals surface area contributed by atoms with Crippen molar-refractivity contribution in [2.75, 3.05) is 19.7 Å². The molecule has 114 valence electrons. The fourth-order valence-corrected chi connectivity index (χ4v) is 2.56. The van der Waals surface area contributed by atoms with Gasteiger partial charge in [-0.3, -0.25) is 9.59 Å². The Morgan fingerprint density at radius 2 is 2.33 bits per heavy atom. The van der Waals surface area contributed by atoms with E-state index < -0.39 is 0 Å². The molecule has 5 nitrogen and oxygen atoms in total. The van der Waals surface area contributed by atoms with E-state index in [0.717, 1.165) is 0 Å². The molecule has 1 heterocycles. The number of halogens is 1. The maximum atomic E-state index is 12.2. The fourth-order valence-electron chi connectivity index (χ4n) is 2.38. The number of hydrogen-bond donors (Lipinski definition) is 1. The van der Waals surface area contributed by atoms with Crippen molar-refractivity contribution in [3.8, 4) is 5.75 Å². The zero-order chi connectivity index (χ0) is 15.2. The summed E-state index contributed by atoms with van der Waals surface area (Å²) in [5, 5.41) is 3.37. The minimum atomic E-state index is -0.364. The van der Waals surface area contributed by atoms with Crippen LogP contribution in [0.4, 0.5) is 0 Å². The first-order valence-electron chi connectivity index (χ1n) is 7.07. The number of hydrogen-bond acceptors (Lipinski definition) is 3. The Kier molecular flexibility index (Phi) is 5.44. The van der Waals surface area contributed by atoms with E-state index >= 15 is 0 Å². The topological polar surface area (TPSA) is 58.6 Å². The van der Waals surface area contributed by atoms with E-state index in [4.69, 9.17) is 16.3 Å². The Bertz CT molecular complexity index is 521. The SMILES string of the molecule is CCC1C(=O)NCCN1C(=O)CCOc1cccc(Cl)c1. The number of nitrogens with one attached hydrogen (secondary N) is 1. The second kappa shape index (κ2) is 7.31. The summed E-state index contributed by atoms with van der Waals surface area (Å²) in [6.45, 7) is 3.24. The third-order valence-electron chi connectivity index (χ3n) is 3.42. The maximum absolute atomic E-state index is 12.2. The van der Waals surface area contributed by atoms with Crippen molar-refractivity contribution >= 4 is 23.4 Å². The largest absolute Gasteiger partial charge is 0.493 e. The summed E-state index contributed by atoms with van der Waals surface area (Å²) in [6.07, 6.45) is 0.864. The minimum Gasteiger partial charge on any atom is -0.493 e. The highest BCUT2D eigenvalue weighted by molar-refractivity contribution is 6.30. The van der Waals surface area contributed by atoms with Crippen LogP contribution in [0.1, 0.15) is 19.8 Å². The van der Waals surface area contributed by atoms with Gasteiger partial charge in [0, 0.05) is 18.1 Å². The van der Waals surface area contributed by atoms with Gasteiger partial charge in [-0.2, -0.15) is 0 Å². The van der Waals surface area contributed by atoms with Crippen LogP contribution in [0.15, 0.2) is 24.3 Å². The molecule has 1 atom stereocenters. The molecule has 2 rings (SSSR count). The van der Waals surface area contributed by atoms with Gasteiger partial charge in [-0.1, -0.05) is 24.6 Å². The van der Waals surface area contributed by atoms with Crippen LogP contribution in [-0.4, -0.2) is 42.5 Å². The van der Waals surface area contributed by atoms with Crippen LogP contribution in [0, 0.1) is 0 Å². The third-order valence-corrected chi connectivity index (χ3v) is 3.65. The number of carbonyl (C=O) groups excluding carboxylic acids is 2. The summed E-state index contributed by atoms with van der Waals surface area (Å²) in [4.78, 5) is 25.6. The summed E-state index contributed by atoms with van der Waals surface area (Å²) in [5.74, 6) is 0.505. The molecule has 1 fully saturated rings. The molecule has 0 bridgehead atoms. The van der Waals surface area contributed by atoms with Gasteiger partial charge in [0.1, 0.15) is 11.8 Å². The Labute approximate surface area is 129 Å². The third kappa shape index (κ3) is 4.11. The standard InChI is InChI=1S/C15H19ClN2O3/c1-2-13-15(20)17-7-8-18(13)14(19)6-9-21-12-5-3-4-11(16)10-12/h3-5,10,13H,2,6-9H2,1H3,(H,17,20). The first-order valence-corrected chi connectivity index (χ1v) is 7.45. The summed E-state index contributed by atoms with van der Waals surface area (Å²) in [7, 11) is 0. The molecule has 1 aliphatic heterocycles. The van der Waals surface area contributed by atoms with Gasteiger partial charge in [0.2, 0.25) is 11.8 Å². The van der Waals surface area contributed by atoms with Crippen LogP contribution in [-0.2, 0) is 9.59 Å². The predicted octanol–water partition coefficient (Wildman–Crippen LogP) is 1.85. The van der Waals surface area contributed by atoms with E-state index in [9.17, 15) is 9.59 Å². The molecule has 21 heavy (non-hydrogen) atoms. The highest BCUT2D eigenvalue weighted by atomic mass is 35.5. The molecule has 1 aliphatic rings. The van der Waals surface area contributed by atoms with Crippen molar-refractivity contribution in [2.24, 2.45) is 0 Å². The van der Waals surface area contributed by atoms with Gasteiger partial charge in [-0.05, 0) is 24.6 Å². The zero-order valence-corrected chi connectivity index (χ0v) is 12.7. The zero-order valence-electron chi connectivity index (χ0n) is 12.0. The Hall–Kier alpha value is -1.75. The molecule has 2 amide bonds. The molecule has 1 N–H and O–H groups in total. The van der Waals surface area contributed by atoms with Gasteiger partial charge >= 0.3 is 0 Å². The monoisotopic (exact) mass is 310 g/mol. The normalized spacial score (nSPS) is 18.3. The van der Waals surface area contributed by atoms with E-state index in [0.29, 0.717) is 30.3 Å². The first-order chi connectivity index (χ1) is 10.1. The van der Waals surface area contributed by atoms with Gasteiger partial charge in [0.15, 0.2) is 0 Å². The summed E-state index contributed by atoms with van der Waals surface area (Å²) < 4.78 is 5.51. The molecule has 1 aromatic rings. The van der Waals surface area contributed by atoms with E-state index in [1.165, 1.54) is 0 Å². The molecule has 0 aromatic heterocycles. The van der Waals surface area contributed by atoms with Crippen molar-refractivity contribution in [3.63, 3.8) is 0 Å².